The van der Waals surface area contributed by atoms with Crippen molar-refractivity contribution >= 4 is 29.5 Å². The third-order valence-electron chi connectivity index (χ3n) is 5.52. The van der Waals surface area contributed by atoms with Crippen LogP contribution in [0.15, 0.2) is 58.6 Å². The lowest BCUT2D eigenvalue weighted by Crippen LogP contribution is -2.66. The molecular formula is C23H23N5O4. The van der Waals surface area contributed by atoms with Gasteiger partial charge in [-0.05, 0) is 31.5 Å². The van der Waals surface area contributed by atoms with Gasteiger partial charge >= 0.3 is 12.0 Å². The van der Waals surface area contributed by atoms with Crippen LogP contribution in [-0.2, 0) is 16.9 Å². The number of amides is 3. The molecule has 1 fully saturated rings. The number of carboxylic acids is 1. The number of aromatic carboxylic acids is 1. The number of pyridine rings is 1. The van der Waals surface area contributed by atoms with Crippen LogP contribution in [0, 0.1) is 0 Å². The molecule has 4 rings (SSSR count). The lowest BCUT2D eigenvalue weighted by atomic mass is 9.86. The number of hydrogen-bond acceptors (Lipinski definition) is 6. The molecule has 1 N–H and O–H groups in total. The van der Waals surface area contributed by atoms with Gasteiger partial charge in [0, 0.05) is 37.0 Å². The van der Waals surface area contributed by atoms with Crippen molar-refractivity contribution in [2.45, 2.75) is 32.4 Å². The topological polar surface area (TPSA) is 116 Å². The van der Waals surface area contributed by atoms with E-state index >= 15 is 0 Å². The fraction of sp³-hybridized carbons (Fsp3) is 0.304. The highest BCUT2D eigenvalue weighted by atomic mass is 16.4. The lowest BCUT2D eigenvalue weighted by Gasteiger charge is -2.45. The van der Waals surface area contributed by atoms with Gasteiger partial charge in [0.05, 0.1) is 5.56 Å². The second-order valence-corrected chi connectivity index (χ2v) is 7.49. The summed E-state index contributed by atoms with van der Waals surface area (Å²) >= 11 is 0. The molecule has 2 aromatic rings. The molecular weight excluding hydrogens is 410 g/mol. The summed E-state index contributed by atoms with van der Waals surface area (Å²) in [4.78, 5) is 55.1. The van der Waals surface area contributed by atoms with Crippen LogP contribution >= 0.6 is 0 Å². The van der Waals surface area contributed by atoms with E-state index in [1.165, 1.54) is 11.0 Å². The van der Waals surface area contributed by atoms with E-state index in [-0.39, 0.29) is 36.3 Å². The van der Waals surface area contributed by atoms with Crippen molar-refractivity contribution in [2.75, 3.05) is 13.1 Å². The highest BCUT2D eigenvalue weighted by Crippen LogP contribution is 2.42. The summed E-state index contributed by atoms with van der Waals surface area (Å²) in [5.74, 6) is -1.41. The van der Waals surface area contributed by atoms with Crippen LogP contribution < -0.4 is 0 Å². The molecule has 1 aromatic heterocycles. The molecule has 3 heterocycles. The minimum atomic E-state index is -1.63. The Hall–Kier alpha value is -3.88. The van der Waals surface area contributed by atoms with Crippen LogP contribution in [0.2, 0.25) is 0 Å². The summed E-state index contributed by atoms with van der Waals surface area (Å²) < 4.78 is 0. The van der Waals surface area contributed by atoms with Crippen LogP contribution in [0.3, 0.4) is 0 Å². The van der Waals surface area contributed by atoms with E-state index in [0.717, 1.165) is 4.90 Å². The molecule has 164 valence electrons. The van der Waals surface area contributed by atoms with Crippen LogP contribution in [-0.4, -0.2) is 62.4 Å². The first-order chi connectivity index (χ1) is 15.4. The average Bonchev–Trinajstić information content (AvgIpc) is 3.17. The smallest absolute Gasteiger partial charge is 0.336 e. The normalized spacial score (nSPS) is 20.2. The van der Waals surface area contributed by atoms with E-state index in [0.29, 0.717) is 18.0 Å². The minimum absolute atomic E-state index is 0.0343. The summed E-state index contributed by atoms with van der Waals surface area (Å²) in [5, 5.41) is 9.84. The van der Waals surface area contributed by atoms with Gasteiger partial charge in [0.25, 0.3) is 5.91 Å². The van der Waals surface area contributed by atoms with Crippen molar-refractivity contribution in [1.29, 1.82) is 0 Å². The van der Waals surface area contributed by atoms with E-state index in [4.69, 9.17) is 4.99 Å². The van der Waals surface area contributed by atoms with Crippen molar-refractivity contribution in [3.05, 3.63) is 65.5 Å². The predicted molar refractivity (Wildman–Crippen MR) is 118 cm³/mol. The van der Waals surface area contributed by atoms with Crippen molar-refractivity contribution in [3.8, 4) is 0 Å². The second kappa shape index (κ2) is 8.33. The third kappa shape index (κ3) is 3.26. The monoisotopic (exact) mass is 433 g/mol. The summed E-state index contributed by atoms with van der Waals surface area (Å²) in [6, 6.07) is 11.2. The van der Waals surface area contributed by atoms with Gasteiger partial charge in [0.15, 0.2) is 5.71 Å². The zero-order chi connectivity index (χ0) is 22.9. The largest absolute Gasteiger partial charge is 0.478 e. The molecule has 9 heteroatoms. The maximum Gasteiger partial charge on any atom is 0.336 e. The van der Waals surface area contributed by atoms with Crippen LogP contribution in [0.25, 0.3) is 0 Å². The van der Waals surface area contributed by atoms with Gasteiger partial charge in [-0.1, -0.05) is 31.2 Å². The summed E-state index contributed by atoms with van der Waals surface area (Å²) in [6.07, 6.45) is 2.48. The number of aliphatic imine (C=N–C) groups is 2. The second-order valence-electron chi connectivity index (χ2n) is 7.49. The SMILES string of the molecule is CCCN1C(=O)C2=NC(Cc3ccccn3)=NC2(c2ccccc2C(=O)O)N(CC)C1=O. The lowest BCUT2D eigenvalue weighted by molar-refractivity contribution is -0.124. The van der Waals surface area contributed by atoms with Gasteiger partial charge in [0.1, 0.15) is 5.84 Å². The Labute approximate surface area is 185 Å². The molecule has 0 saturated carbocycles. The van der Waals surface area contributed by atoms with Crippen molar-refractivity contribution in [2.24, 2.45) is 9.98 Å². The number of aromatic nitrogens is 1. The number of amidine groups is 1. The Bertz CT molecular complexity index is 1140. The van der Waals surface area contributed by atoms with Crippen LogP contribution in [0.5, 0.6) is 0 Å². The van der Waals surface area contributed by atoms with Crippen molar-refractivity contribution in [3.63, 3.8) is 0 Å². The fourth-order valence-electron chi connectivity index (χ4n) is 4.19. The number of carboxylic acid groups (broad SMARTS) is 1. The molecule has 1 unspecified atom stereocenters. The first-order valence-electron chi connectivity index (χ1n) is 10.5. The number of imide groups is 1. The zero-order valence-corrected chi connectivity index (χ0v) is 17.9. The standard InChI is InChI=1S/C23H23N5O4/c1-3-13-27-20(29)19-23(28(4-2)22(27)32,17-11-6-5-10-16(17)21(30)31)26-18(25-19)14-15-9-7-8-12-24-15/h5-12H,3-4,13-14H2,1-2H3,(H,30,31). The van der Waals surface area contributed by atoms with Gasteiger partial charge < -0.3 is 5.11 Å². The molecule has 1 aromatic carbocycles. The Morgan fingerprint density at radius 2 is 1.84 bits per heavy atom. The highest BCUT2D eigenvalue weighted by Gasteiger charge is 2.58. The highest BCUT2D eigenvalue weighted by molar-refractivity contribution is 6.48. The molecule has 0 bridgehead atoms. The first-order valence-corrected chi connectivity index (χ1v) is 10.5. The van der Waals surface area contributed by atoms with Crippen molar-refractivity contribution in [1.82, 2.24) is 14.8 Å². The summed E-state index contributed by atoms with van der Waals surface area (Å²) in [5.41, 5.74) is -0.699. The van der Waals surface area contributed by atoms with E-state index in [9.17, 15) is 19.5 Å². The average molecular weight is 433 g/mol. The number of urea groups is 1. The first kappa shape index (κ1) is 21.4. The Kier molecular flexibility index (Phi) is 5.56. The molecule has 0 aliphatic carbocycles. The molecule has 2 aliphatic heterocycles. The molecule has 9 nitrogen and oxygen atoms in total. The van der Waals surface area contributed by atoms with Gasteiger partial charge in [-0.15, -0.1) is 0 Å². The molecule has 32 heavy (non-hydrogen) atoms. The minimum Gasteiger partial charge on any atom is -0.478 e. The van der Waals surface area contributed by atoms with Gasteiger partial charge in [0.2, 0.25) is 5.66 Å². The Balaban J connectivity index is 1.95. The number of rotatable bonds is 7. The van der Waals surface area contributed by atoms with E-state index in [1.54, 1.807) is 37.4 Å². The van der Waals surface area contributed by atoms with Gasteiger partial charge in [-0.2, -0.15) is 0 Å². The van der Waals surface area contributed by atoms with E-state index in [1.807, 2.05) is 19.1 Å². The van der Waals surface area contributed by atoms with Crippen molar-refractivity contribution < 1.29 is 19.5 Å². The van der Waals surface area contributed by atoms with E-state index in [2.05, 4.69) is 9.98 Å². The number of nitrogens with zero attached hydrogens (tertiary/aromatic N) is 5. The number of carbonyl (C=O) groups excluding carboxylic acids is 2. The number of benzene rings is 1. The molecule has 2 aliphatic rings. The Morgan fingerprint density at radius 3 is 2.50 bits per heavy atom. The third-order valence-corrected chi connectivity index (χ3v) is 5.52. The maximum atomic E-state index is 13.4. The Morgan fingerprint density at radius 1 is 1.09 bits per heavy atom. The molecule has 0 spiro atoms. The quantitative estimate of drug-likeness (QED) is 0.721. The number of hydrogen-bond donors (Lipinski definition) is 1. The molecule has 1 saturated heterocycles. The summed E-state index contributed by atoms with van der Waals surface area (Å²) in [6.45, 7) is 4.09. The predicted octanol–water partition coefficient (Wildman–Crippen LogP) is 2.72. The van der Waals surface area contributed by atoms with E-state index < -0.39 is 23.6 Å². The van der Waals surface area contributed by atoms with Crippen LogP contribution in [0.4, 0.5) is 4.79 Å². The van der Waals surface area contributed by atoms with Gasteiger partial charge in [-0.25, -0.2) is 19.6 Å². The fourth-order valence-corrected chi connectivity index (χ4v) is 4.19. The van der Waals surface area contributed by atoms with Crippen LogP contribution in [0.1, 0.15) is 41.9 Å². The molecule has 0 radical (unpaired) electrons. The summed E-state index contributed by atoms with van der Waals surface area (Å²) in [7, 11) is 0. The molecule has 3 amide bonds. The maximum absolute atomic E-state index is 13.4. The van der Waals surface area contributed by atoms with Gasteiger partial charge in [-0.3, -0.25) is 19.6 Å². The number of fused-ring (bicyclic) bond motifs is 1. The zero-order valence-electron chi connectivity index (χ0n) is 17.9. The molecule has 1 atom stereocenters. The number of carbonyl (C=O) groups is 3.